The summed E-state index contributed by atoms with van der Waals surface area (Å²) < 4.78 is 0. The Bertz CT molecular complexity index is 575. The highest BCUT2D eigenvalue weighted by molar-refractivity contribution is 6.33. The average molecular weight is 309 g/mol. The van der Waals surface area contributed by atoms with Gasteiger partial charge in [0.2, 0.25) is 5.91 Å². The third kappa shape index (κ3) is 2.50. The molecule has 2 unspecified atom stereocenters. The maximum atomic E-state index is 11.9. The van der Waals surface area contributed by atoms with E-state index in [1.54, 1.807) is 7.05 Å². The molecule has 1 fully saturated rings. The van der Waals surface area contributed by atoms with Crippen molar-refractivity contribution in [2.75, 3.05) is 44.4 Å². The molecule has 5 nitrogen and oxygen atoms in total. The van der Waals surface area contributed by atoms with Gasteiger partial charge >= 0.3 is 0 Å². The maximum Gasteiger partial charge on any atom is 0.246 e. The van der Waals surface area contributed by atoms with Crippen LogP contribution in [0, 0.1) is 0 Å². The fourth-order valence-electron chi connectivity index (χ4n) is 3.18. The number of fused-ring (bicyclic) bond motifs is 1. The van der Waals surface area contributed by atoms with E-state index in [0.29, 0.717) is 11.1 Å². The second-order valence-corrected chi connectivity index (χ2v) is 6.36. The van der Waals surface area contributed by atoms with Crippen molar-refractivity contribution in [1.82, 2.24) is 10.2 Å². The Labute approximate surface area is 130 Å². The van der Waals surface area contributed by atoms with Crippen molar-refractivity contribution in [3.8, 4) is 0 Å². The summed E-state index contributed by atoms with van der Waals surface area (Å²) in [7, 11) is 6.00. The van der Waals surface area contributed by atoms with Crippen molar-refractivity contribution in [1.29, 1.82) is 0 Å². The number of rotatable bonds is 3. The minimum Gasteiger partial charge on any atom is -0.369 e. The zero-order valence-corrected chi connectivity index (χ0v) is 13.4. The molecule has 3 rings (SSSR count). The van der Waals surface area contributed by atoms with Gasteiger partial charge in [-0.25, -0.2) is 0 Å². The van der Waals surface area contributed by atoms with Crippen LogP contribution in [0.5, 0.6) is 0 Å². The molecule has 0 radical (unpaired) electrons. The summed E-state index contributed by atoms with van der Waals surface area (Å²) in [5.74, 6) is -0.0201. The van der Waals surface area contributed by atoms with Crippen LogP contribution in [0.3, 0.4) is 0 Å². The van der Waals surface area contributed by atoms with Crippen LogP contribution in [0.15, 0.2) is 12.1 Å². The minimum atomic E-state index is -0.306. The molecule has 1 aromatic rings. The van der Waals surface area contributed by atoms with Gasteiger partial charge in [0.1, 0.15) is 6.04 Å². The Morgan fingerprint density at radius 3 is 2.81 bits per heavy atom. The molecule has 2 heterocycles. The van der Waals surface area contributed by atoms with Gasteiger partial charge in [0.15, 0.2) is 0 Å². The summed E-state index contributed by atoms with van der Waals surface area (Å²) in [5.41, 5.74) is 2.81. The van der Waals surface area contributed by atoms with Crippen LogP contribution in [0.25, 0.3) is 0 Å². The van der Waals surface area contributed by atoms with Gasteiger partial charge < -0.3 is 20.4 Å². The summed E-state index contributed by atoms with van der Waals surface area (Å²) >= 11 is 6.46. The predicted molar refractivity (Wildman–Crippen MR) is 86.2 cm³/mol. The van der Waals surface area contributed by atoms with Crippen molar-refractivity contribution < 1.29 is 4.79 Å². The van der Waals surface area contributed by atoms with Gasteiger partial charge in [-0.2, -0.15) is 0 Å². The monoisotopic (exact) mass is 308 g/mol. The van der Waals surface area contributed by atoms with Gasteiger partial charge in [-0.1, -0.05) is 11.6 Å². The molecule has 6 heteroatoms. The molecule has 0 aliphatic carbocycles. The second kappa shape index (κ2) is 5.48. The number of carbonyl (C=O) groups excluding carboxylic acids is 1. The second-order valence-electron chi connectivity index (χ2n) is 5.95. The lowest BCUT2D eigenvalue weighted by Gasteiger charge is -2.23. The molecule has 2 atom stereocenters. The van der Waals surface area contributed by atoms with E-state index in [4.69, 9.17) is 11.6 Å². The average Bonchev–Trinajstić information content (AvgIpc) is 3.01. The number of halogens is 1. The largest absolute Gasteiger partial charge is 0.369 e. The van der Waals surface area contributed by atoms with E-state index in [1.165, 1.54) is 0 Å². The normalized spacial score (nSPS) is 24.6. The van der Waals surface area contributed by atoms with Gasteiger partial charge in [0.05, 0.1) is 10.7 Å². The number of nitrogens with zero attached hydrogens (tertiary/aromatic N) is 2. The molecule has 2 aliphatic rings. The topological polar surface area (TPSA) is 47.6 Å². The first kappa shape index (κ1) is 14.6. The van der Waals surface area contributed by atoms with Crippen LogP contribution in [0.2, 0.25) is 5.02 Å². The number of benzene rings is 1. The Kier molecular flexibility index (Phi) is 3.82. The SMILES string of the molecule is CNC1C(=O)Nc2cc(N3CCC(N(C)C)C3)c(Cl)cc21. The van der Waals surface area contributed by atoms with Gasteiger partial charge in [-0.15, -0.1) is 0 Å². The standard InChI is InChI=1S/C15H21ClN4O/c1-17-14-10-6-11(16)13(7-12(10)18-15(14)21)20-5-4-9(8-20)19(2)3/h6-7,9,14,17H,4-5,8H2,1-3H3,(H,18,21). The molecule has 2 aliphatic heterocycles. The van der Waals surface area contributed by atoms with E-state index in [1.807, 2.05) is 12.1 Å². The van der Waals surface area contributed by atoms with E-state index in [-0.39, 0.29) is 11.9 Å². The molecule has 1 amide bonds. The zero-order chi connectivity index (χ0) is 15.1. The fraction of sp³-hybridized carbons (Fsp3) is 0.533. The smallest absolute Gasteiger partial charge is 0.246 e. The van der Waals surface area contributed by atoms with Crippen molar-refractivity contribution in [3.05, 3.63) is 22.7 Å². The first-order chi connectivity index (χ1) is 10.0. The molecular formula is C15H21ClN4O. The number of hydrogen-bond donors (Lipinski definition) is 2. The van der Waals surface area contributed by atoms with Crippen molar-refractivity contribution in [3.63, 3.8) is 0 Å². The van der Waals surface area contributed by atoms with Crippen molar-refractivity contribution in [2.45, 2.75) is 18.5 Å². The molecule has 2 N–H and O–H groups in total. The van der Waals surface area contributed by atoms with Gasteiger partial charge in [0.25, 0.3) is 0 Å². The van der Waals surface area contributed by atoms with Crippen LogP contribution < -0.4 is 15.5 Å². The van der Waals surface area contributed by atoms with Gasteiger partial charge in [-0.3, -0.25) is 4.79 Å². The summed E-state index contributed by atoms with van der Waals surface area (Å²) in [4.78, 5) is 16.5. The molecule has 0 aromatic heterocycles. The van der Waals surface area contributed by atoms with Gasteiger partial charge in [-0.05, 0) is 39.7 Å². The first-order valence-corrected chi connectivity index (χ1v) is 7.62. The molecule has 114 valence electrons. The van der Waals surface area contributed by atoms with Crippen molar-refractivity contribution in [2.24, 2.45) is 0 Å². The number of carbonyl (C=O) groups is 1. The van der Waals surface area contributed by atoms with E-state index in [9.17, 15) is 4.79 Å². The van der Waals surface area contributed by atoms with E-state index >= 15 is 0 Å². The third-order valence-corrected chi connectivity index (χ3v) is 4.78. The Morgan fingerprint density at radius 1 is 1.43 bits per heavy atom. The quantitative estimate of drug-likeness (QED) is 0.892. The molecule has 1 saturated heterocycles. The zero-order valence-electron chi connectivity index (χ0n) is 12.6. The first-order valence-electron chi connectivity index (χ1n) is 7.24. The highest BCUT2D eigenvalue weighted by Crippen LogP contribution is 2.39. The summed E-state index contributed by atoms with van der Waals surface area (Å²) in [5, 5.41) is 6.66. The van der Waals surface area contributed by atoms with E-state index in [0.717, 1.165) is 36.4 Å². The van der Waals surface area contributed by atoms with Gasteiger partial charge in [0, 0.05) is 30.4 Å². The number of amides is 1. The number of nitrogens with one attached hydrogen (secondary N) is 2. The minimum absolute atomic E-state index is 0.0201. The Balaban J connectivity index is 1.89. The lowest BCUT2D eigenvalue weighted by Crippen LogP contribution is -2.31. The highest BCUT2D eigenvalue weighted by atomic mass is 35.5. The van der Waals surface area contributed by atoms with Crippen LogP contribution in [0.1, 0.15) is 18.0 Å². The predicted octanol–water partition coefficient (Wildman–Crippen LogP) is 1.69. The van der Waals surface area contributed by atoms with Crippen LogP contribution >= 0.6 is 11.6 Å². The molecular weight excluding hydrogens is 288 g/mol. The Morgan fingerprint density at radius 2 is 2.19 bits per heavy atom. The maximum absolute atomic E-state index is 11.9. The lowest BCUT2D eigenvalue weighted by molar-refractivity contribution is -0.117. The fourth-order valence-corrected chi connectivity index (χ4v) is 3.47. The third-order valence-electron chi connectivity index (χ3n) is 4.47. The molecule has 0 saturated carbocycles. The molecule has 1 aromatic carbocycles. The number of hydrogen-bond acceptors (Lipinski definition) is 4. The highest BCUT2D eigenvalue weighted by Gasteiger charge is 2.32. The molecule has 0 spiro atoms. The molecule has 21 heavy (non-hydrogen) atoms. The van der Waals surface area contributed by atoms with Crippen molar-refractivity contribution >= 4 is 28.9 Å². The molecule has 0 bridgehead atoms. The summed E-state index contributed by atoms with van der Waals surface area (Å²) in [6, 6.07) is 4.16. The number of anilines is 2. The summed E-state index contributed by atoms with van der Waals surface area (Å²) in [6.07, 6.45) is 1.13. The van der Waals surface area contributed by atoms with E-state index < -0.39 is 0 Å². The number of likely N-dealkylation sites (N-methyl/N-ethyl adjacent to an activating group) is 2. The van der Waals surface area contributed by atoms with Crippen LogP contribution in [-0.2, 0) is 4.79 Å². The van der Waals surface area contributed by atoms with Crippen LogP contribution in [-0.4, -0.2) is 51.1 Å². The summed E-state index contributed by atoms with van der Waals surface area (Å²) in [6.45, 7) is 1.96. The van der Waals surface area contributed by atoms with E-state index in [2.05, 4.69) is 34.5 Å². The Hall–Kier alpha value is -1.30. The lowest BCUT2D eigenvalue weighted by atomic mass is 10.1. The van der Waals surface area contributed by atoms with Crippen LogP contribution in [0.4, 0.5) is 11.4 Å².